The van der Waals surface area contributed by atoms with Crippen LogP contribution < -0.4 is 19.9 Å². The largest absolute Gasteiger partial charge is 0.493 e. The molecule has 0 saturated carbocycles. The first-order chi connectivity index (χ1) is 12.7. The molecule has 2 aliphatic heterocycles. The summed E-state index contributed by atoms with van der Waals surface area (Å²) in [5, 5.41) is 0. The van der Waals surface area contributed by atoms with E-state index in [4.69, 9.17) is 19.9 Å². The minimum absolute atomic E-state index is 0. The Bertz CT molecular complexity index is 798. The number of hydrogen-bond acceptors (Lipinski definition) is 5. The second-order valence-corrected chi connectivity index (χ2v) is 6.59. The third-order valence-electron chi connectivity index (χ3n) is 4.95. The number of amides is 1. The predicted octanol–water partition coefficient (Wildman–Crippen LogP) is 2.46. The highest BCUT2D eigenvalue weighted by Gasteiger charge is 2.35. The normalized spacial score (nSPS) is 20.7. The number of benzene rings is 2. The molecule has 0 aromatic heterocycles. The van der Waals surface area contributed by atoms with Crippen LogP contribution in [0.4, 0.5) is 0 Å². The fraction of sp³-hybridized carbons (Fsp3) is 0.350. The smallest absolute Gasteiger partial charge is 0.254 e. The van der Waals surface area contributed by atoms with Gasteiger partial charge in [0, 0.05) is 30.6 Å². The van der Waals surface area contributed by atoms with E-state index < -0.39 is 0 Å². The number of carbonyl (C=O) groups is 1. The molecule has 2 heterocycles. The Labute approximate surface area is 164 Å². The van der Waals surface area contributed by atoms with E-state index in [0.717, 1.165) is 5.56 Å². The van der Waals surface area contributed by atoms with Gasteiger partial charge in [0.25, 0.3) is 5.91 Å². The summed E-state index contributed by atoms with van der Waals surface area (Å²) in [4.78, 5) is 14.8. The van der Waals surface area contributed by atoms with Crippen molar-refractivity contribution < 1.29 is 19.0 Å². The van der Waals surface area contributed by atoms with Crippen molar-refractivity contribution in [1.82, 2.24) is 4.90 Å². The second-order valence-electron chi connectivity index (χ2n) is 6.59. The fourth-order valence-corrected chi connectivity index (χ4v) is 3.63. The average molecular weight is 391 g/mol. The van der Waals surface area contributed by atoms with E-state index in [0.29, 0.717) is 49.1 Å². The van der Waals surface area contributed by atoms with Crippen LogP contribution in [0.25, 0.3) is 0 Å². The van der Waals surface area contributed by atoms with Crippen LogP contribution in [0, 0.1) is 0 Å². The third-order valence-corrected chi connectivity index (χ3v) is 4.95. The lowest BCUT2D eigenvalue weighted by Gasteiger charge is -2.22. The summed E-state index contributed by atoms with van der Waals surface area (Å²) >= 11 is 0. The molecule has 1 saturated heterocycles. The van der Waals surface area contributed by atoms with Crippen molar-refractivity contribution in [1.29, 1.82) is 0 Å². The van der Waals surface area contributed by atoms with Crippen LogP contribution in [0.1, 0.15) is 21.8 Å². The van der Waals surface area contributed by atoms with Crippen molar-refractivity contribution >= 4 is 18.3 Å². The molecule has 6 nitrogen and oxygen atoms in total. The number of carbonyl (C=O) groups excluding carboxylic acids is 1. The van der Waals surface area contributed by atoms with Gasteiger partial charge in [-0.25, -0.2) is 0 Å². The SMILES string of the molecule is COc1cc(C(=O)N2C[C@@H](N)[C@H](c3ccccc3)C2)cc2c1OCCO2.Cl. The van der Waals surface area contributed by atoms with Gasteiger partial charge in [0.15, 0.2) is 11.5 Å². The summed E-state index contributed by atoms with van der Waals surface area (Å²) < 4.78 is 16.6. The summed E-state index contributed by atoms with van der Waals surface area (Å²) in [6.45, 7) is 2.05. The lowest BCUT2D eigenvalue weighted by Crippen LogP contribution is -2.32. The summed E-state index contributed by atoms with van der Waals surface area (Å²) in [7, 11) is 1.55. The quantitative estimate of drug-likeness (QED) is 0.871. The average Bonchev–Trinajstić information content (AvgIpc) is 3.08. The van der Waals surface area contributed by atoms with Crippen molar-refractivity contribution in [2.24, 2.45) is 5.73 Å². The van der Waals surface area contributed by atoms with Crippen LogP contribution in [0.15, 0.2) is 42.5 Å². The molecule has 27 heavy (non-hydrogen) atoms. The zero-order valence-electron chi connectivity index (χ0n) is 15.1. The van der Waals surface area contributed by atoms with Gasteiger partial charge in [-0.15, -0.1) is 12.4 Å². The van der Waals surface area contributed by atoms with Gasteiger partial charge in [0.1, 0.15) is 13.2 Å². The molecule has 0 bridgehead atoms. The molecule has 2 aromatic rings. The third kappa shape index (κ3) is 3.68. The first kappa shape index (κ1) is 19.3. The summed E-state index contributed by atoms with van der Waals surface area (Å²) in [5.74, 6) is 1.67. The molecule has 144 valence electrons. The topological polar surface area (TPSA) is 74.0 Å². The Hall–Kier alpha value is -2.44. The molecule has 2 N–H and O–H groups in total. The number of likely N-dealkylation sites (tertiary alicyclic amines) is 1. The molecule has 1 amide bonds. The van der Waals surface area contributed by atoms with Gasteiger partial charge in [-0.2, -0.15) is 0 Å². The van der Waals surface area contributed by atoms with Gasteiger partial charge >= 0.3 is 0 Å². The Morgan fingerprint density at radius 1 is 1.15 bits per heavy atom. The lowest BCUT2D eigenvalue weighted by atomic mass is 9.95. The Kier molecular flexibility index (Phi) is 5.77. The van der Waals surface area contributed by atoms with E-state index >= 15 is 0 Å². The number of fused-ring (bicyclic) bond motifs is 1. The van der Waals surface area contributed by atoms with Crippen LogP contribution in [-0.2, 0) is 0 Å². The van der Waals surface area contributed by atoms with Gasteiger partial charge in [-0.3, -0.25) is 4.79 Å². The van der Waals surface area contributed by atoms with Gasteiger partial charge in [0.2, 0.25) is 5.75 Å². The number of halogens is 1. The van der Waals surface area contributed by atoms with Gasteiger partial charge in [-0.1, -0.05) is 30.3 Å². The number of rotatable bonds is 3. The molecule has 7 heteroatoms. The minimum Gasteiger partial charge on any atom is -0.493 e. The van der Waals surface area contributed by atoms with E-state index in [-0.39, 0.29) is 30.3 Å². The Morgan fingerprint density at radius 3 is 2.63 bits per heavy atom. The van der Waals surface area contributed by atoms with E-state index in [2.05, 4.69) is 12.1 Å². The maximum absolute atomic E-state index is 13.0. The first-order valence-electron chi connectivity index (χ1n) is 8.75. The number of ether oxygens (including phenoxy) is 3. The highest BCUT2D eigenvalue weighted by molar-refractivity contribution is 5.96. The molecular weight excluding hydrogens is 368 g/mol. The monoisotopic (exact) mass is 390 g/mol. The molecule has 2 atom stereocenters. The van der Waals surface area contributed by atoms with Crippen molar-refractivity contribution in [3.63, 3.8) is 0 Å². The number of methoxy groups -OCH3 is 1. The number of nitrogens with two attached hydrogens (primary N) is 1. The van der Waals surface area contributed by atoms with Crippen LogP contribution in [0.5, 0.6) is 17.2 Å². The standard InChI is InChI=1S/C20H22N2O4.ClH/c1-24-17-9-14(10-18-19(17)26-8-7-25-18)20(23)22-11-15(16(21)12-22)13-5-3-2-4-6-13;/h2-6,9-10,15-16H,7-8,11-12,21H2,1H3;1H/t15-,16+;/m0./s1. The molecule has 0 radical (unpaired) electrons. The van der Waals surface area contributed by atoms with E-state index in [1.165, 1.54) is 0 Å². The molecule has 4 rings (SSSR count). The van der Waals surface area contributed by atoms with E-state index in [9.17, 15) is 4.79 Å². The van der Waals surface area contributed by atoms with Crippen LogP contribution in [0.3, 0.4) is 0 Å². The molecule has 0 aliphatic carbocycles. The number of hydrogen-bond donors (Lipinski definition) is 1. The van der Waals surface area contributed by atoms with Gasteiger partial charge in [-0.05, 0) is 17.7 Å². The molecule has 2 aromatic carbocycles. The van der Waals surface area contributed by atoms with Crippen LogP contribution in [-0.4, -0.2) is 50.3 Å². The summed E-state index contributed by atoms with van der Waals surface area (Å²) in [6.07, 6.45) is 0. The Balaban J connectivity index is 0.00000210. The van der Waals surface area contributed by atoms with Crippen molar-refractivity contribution in [3.8, 4) is 17.2 Å². The zero-order chi connectivity index (χ0) is 18.1. The summed E-state index contributed by atoms with van der Waals surface area (Å²) in [5.41, 5.74) is 8.00. The highest BCUT2D eigenvalue weighted by Crippen LogP contribution is 2.41. The van der Waals surface area contributed by atoms with Crippen LogP contribution >= 0.6 is 12.4 Å². The van der Waals surface area contributed by atoms with Gasteiger partial charge < -0.3 is 24.8 Å². The molecular formula is C20H23ClN2O4. The van der Waals surface area contributed by atoms with E-state index in [1.54, 1.807) is 24.1 Å². The first-order valence-corrected chi connectivity index (χ1v) is 8.75. The highest BCUT2D eigenvalue weighted by atomic mass is 35.5. The lowest BCUT2D eigenvalue weighted by molar-refractivity contribution is 0.0787. The van der Waals surface area contributed by atoms with Crippen molar-refractivity contribution in [2.75, 3.05) is 33.4 Å². The second kappa shape index (κ2) is 8.06. The maximum Gasteiger partial charge on any atom is 0.254 e. The molecule has 1 fully saturated rings. The summed E-state index contributed by atoms with van der Waals surface area (Å²) in [6, 6.07) is 13.4. The van der Waals surface area contributed by atoms with E-state index in [1.807, 2.05) is 18.2 Å². The van der Waals surface area contributed by atoms with Crippen LogP contribution in [0.2, 0.25) is 0 Å². The van der Waals surface area contributed by atoms with Crippen molar-refractivity contribution in [3.05, 3.63) is 53.6 Å². The van der Waals surface area contributed by atoms with Crippen molar-refractivity contribution in [2.45, 2.75) is 12.0 Å². The molecule has 0 spiro atoms. The minimum atomic E-state index is -0.0829. The number of nitrogens with zero attached hydrogens (tertiary/aromatic N) is 1. The maximum atomic E-state index is 13.0. The predicted molar refractivity (Wildman–Crippen MR) is 104 cm³/mol. The Morgan fingerprint density at radius 2 is 1.89 bits per heavy atom. The van der Waals surface area contributed by atoms with Gasteiger partial charge in [0.05, 0.1) is 7.11 Å². The molecule has 0 unspecified atom stereocenters. The molecule has 2 aliphatic rings. The zero-order valence-corrected chi connectivity index (χ0v) is 15.9. The fourth-order valence-electron chi connectivity index (χ4n) is 3.63.